The van der Waals surface area contributed by atoms with Crippen LogP contribution in [0.2, 0.25) is 0 Å². The third kappa shape index (κ3) is 2.68. The number of nitrogens with one attached hydrogen (secondary N) is 1. The van der Waals surface area contributed by atoms with Crippen LogP contribution in [-0.2, 0) is 6.42 Å². The van der Waals surface area contributed by atoms with Gasteiger partial charge in [0.05, 0.1) is 0 Å². The Bertz CT molecular complexity index is 542. The normalized spacial score (nSPS) is 10.1. The van der Waals surface area contributed by atoms with Crippen LogP contribution in [0.4, 0.5) is 11.8 Å². The molecule has 0 bridgehead atoms. The maximum atomic E-state index is 5.75. The number of nitrogens with two attached hydrogens (primary N) is 1. The largest absolute Gasteiger partial charge is 0.438 e. The molecule has 18 heavy (non-hydrogen) atoms. The van der Waals surface area contributed by atoms with Crippen molar-refractivity contribution in [3.8, 4) is 11.6 Å². The standard InChI is InChI=1S/C13H16N4O/c1-3-9-6-4-5-7-10(9)18-12-8-11(15-2)16-13(14)17-12/h4-8H,3H2,1-2H3,(H3,14,15,16,17). The first-order chi connectivity index (χ1) is 8.72. The van der Waals surface area contributed by atoms with Gasteiger partial charge in [-0.05, 0) is 18.1 Å². The molecular weight excluding hydrogens is 228 g/mol. The van der Waals surface area contributed by atoms with Gasteiger partial charge in [-0.2, -0.15) is 9.97 Å². The summed E-state index contributed by atoms with van der Waals surface area (Å²) >= 11 is 0. The van der Waals surface area contributed by atoms with Crippen molar-refractivity contribution in [3.63, 3.8) is 0 Å². The van der Waals surface area contributed by atoms with E-state index in [1.165, 1.54) is 0 Å². The van der Waals surface area contributed by atoms with Gasteiger partial charge >= 0.3 is 0 Å². The van der Waals surface area contributed by atoms with Crippen LogP contribution in [0.3, 0.4) is 0 Å². The van der Waals surface area contributed by atoms with Gasteiger partial charge in [0.2, 0.25) is 11.8 Å². The molecule has 0 aliphatic carbocycles. The van der Waals surface area contributed by atoms with Gasteiger partial charge in [-0.15, -0.1) is 0 Å². The van der Waals surface area contributed by atoms with E-state index in [4.69, 9.17) is 10.5 Å². The molecule has 5 heteroatoms. The molecule has 0 spiro atoms. The number of aromatic nitrogens is 2. The molecule has 2 rings (SSSR count). The van der Waals surface area contributed by atoms with Crippen molar-refractivity contribution in [1.29, 1.82) is 0 Å². The summed E-state index contributed by atoms with van der Waals surface area (Å²) in [5.74, 6) is 2.05. The summed E-state index contributed by atoms with van der Waals surface area (Å²) in [7, 11) is 1.77. The molecule has 94 valence electrons. The van der Waals surface area contributed by atoms with Crippen LogP contribution < -0.4 is 15.8 Å². The second kappa shape index (κ2) is 5.35. The van der Waals surface area contributed by atoms with Gasteiger partial charge in [-0.25, -0.2) is 0 Å². The summed E-state index contributed by atoms with van der Waals surface area (Å²) in [4.78, 5) is 8.07. The van der Waals surface area contributed by atoms with Gasteiger partial charge in [0.25, 0.3) is 0 Å². The fourth-order valence-electron chi connectivity index (χ4n) is 1.63. The molecule has 0 amide bonds. The minimum Gasteiger partial charge on any atom is -0.438 e. The summed E-state index contributed by atoms with van der Waals surface area (Å²) in [6.45, 7) is 2.08. The highest BCUT2D eigenvalue weighted by atomic mass is 16.5. The van der Waals surface area contributed by atoms with Gasteiger partial charge in [0.15, 0.2) is 0 Å². The van der Waals surface area contributed by atoms with Crippen molar-refractivity contribution in [2.75, 3.05) is 18.1 Å². The molecule has 0 unspecified atom stereocenters. The molecular formula is C13H16N4O. The van der Waals surface area contributed by atoms with E-state index < -0.39 is 0 Å². The van der Waals surface area contributed by atoms with E-state index in [2.05, 4.69) is 22.2 Å². The zero-order valence-corrected chi connectivity index (χ0v) is 10.5. The first-order valence-electron chi connectivity index (χ1n) is 5.81. The third-order valence-electron chi connectivity index (χ3n) is 2.54. The molecule has 0 radical (unpaired) electrons. The monoisotopic (exact) mass is 244 g/mol. The molecule has 0 saturated carbocycles. The van der Waals surface area contributed by atoms with Crippen LogP contribution in [0.25, 0.3) is 0 Å². The second-order valence-corrected chi connectivity index (χ2v) is 3.76. The van der Waals surface area contributed by atoms with E-state index in [1.807, 2.05) is 24.3 Å². The molecule has 1 aromatic carbocycles. The predicted octanol–water partition coefficient (Wildman–Crippen LogP) is 2.46. The summed E-state index contributed by atoms with van der Waals surface area (Å²) in [6.07, 6.45) is 0.898. The van der Waals surface area contributed by atoms with Crippen LogP contribution in [0.1, 0.15) is 12.5 Å². The topological polar surface area (TPSA) is 73.1 Å². The summed E-state index contributed by atoms with van der Waals surface area (Å²) in [5.41, 5.74) is 6.74. The van der Waals surface area contributed by atoms with Crippen LogP contribution in [-0.4, -0.2) is 17.0 Å². The average molecular weight is 244 g/mol. The van der Waals surface area contributed by atoms with Crippen molar-refractivity contribution in [1.82, 2.24) is 9.97 Å². The van der Waals surface area contributed by atoms with Gasteiger partial charge in [0, 0.05) is 13.1 Å². The Balaban J connectivity index is 2.30. The van der Waals surface area contributed by atoms with Crippen molar-refractivity contribution in [2.45, 2.75) is 13.3 Å². The Hall–Kier alpha value is -2.30. The zero-order valence-electron chi connectivity index (χ0n) is 10.5. The van der Waals surface area contributed by atoms with E-state index in [1.54, 1.807) is 13.1 Å². The second-order valence-electron chi connectivity index (χ2n) is 3.76. The fourth-order valence-corrected chi connectivity index (χ4v) is 1.63. The first kappa shape index (κ1) is 12.2. The summed E-state index contributed by atoms with van der Waals surface area (Å²) < 4.78 is 5.75. The molecule has 0 aliphatic heterocycles. The van der Waals surface area contributed by atoms with E-state index in [0.29, 0.717) is 11.7 Å². The van der Waals surface area contributed by atoms with Crippen LogP contribution in [0.15, 0.2) is 30.3 Å². The van der Waals surface area contributed by atoms with Crippen LogP contribution >= 0.6 is 0 Å². The first-order valence-corrected chi connectivity index (χ1v) is 5.81. The number of anilines is 2. The van der Waals surface area contributed by atoms with Crippen molar-refractivity contribution in [2.24, 2.45) is 0 Å². The predicted molar refractivity (Wildman–Crippen MR) is 71.9 cm³/mol. The number of hydrogen-bond acceptors (Lipinski definition) is 5. The lowest BCUT2D eigenvalue weighted by Crippen LogP contribution is -2.01. The lowest BCUT2D eigenvalue weighted by atomic mass is 10.1. The van der Waals surface area contributed by atoms with Gasteiger partial charge in [-0.1, -0.05) is 25.1 Å². The highest BCUT2D eigenvalue weighted by Gasteiger charge is 2.06. The Labute approximate surface area is 106 Å². The molecule has 3 N–H and O–H groups in total. The Morgan fingerprint density at radius 3 is 2.78 bits per heavy atom. The maximum absolute atomic E-state index is 5.75. The number of para-hydroxylation sites is 1. The summed E-state index contributed by atoms with van der Waals surface area (Å²) in [6, 6.07) is 9.56. The number of rotatable bonds is 4. The Morgan fingerprint density at radius 1 is 1.28 bits per heavy atom. The van der Waals surface area contributed by atoms with Crippen molar-refractivity contribution < 1.29 is 4.74 Å². The molecule has 1 aromatic heterocycles. The lowest BCUT2D eigenvalue weighted by Gasteiger charge is -2.10. The van der Waals surface area contributed by atoms with E-state index in [0.717, 1.165) is 17.7 Å². The summed E-state index contributed by atoms with van der Waals surface area (Å²) in [5, 5.41) is 2.91. The molecule has 2 aromatic rings. The number of aryl methyl sites for hydroxylation is 1. The van der Waals surface area contributed by atoms with E-state index in [-0.39, 0.29) is 5.95 Å². The van der Waals surface area contributed by atoms with E-state index in [9.17, 15) is 0 Å². The third-order valence-corrected chi connectivity index (χ3v) is 2.54. The number of benzene rings is 1. The van der Waals surface area contributed by atoms with Crippen LogP contribution in [0, 0.1) is 0 Å². The highest BCUT2D eigenvalue weighted by molar-refractivity contribution is 5.44. The fraction of sp³-hybridized carbons (Fsp3) is 0.231. The van der Waals surface area contributed by atoms with Crippen molar-refractivity contribution in [3.05, 3.63) is 35.9 Å². The zero-order chi connectivity index (χ0) is 13.0. The minimum absolute atomic E-state index is 0.186. The highest BCUT2D eigenvalue weighted by Crippen LogP contribution is 2.25. The van der Waals surface area contributed by atoms with Crippen molar-refractivity contribution >= 4 is 11.8 Å². The number of nitrogens with zero attached hydrogens (tertiary/aromatic N) is 2. The molecule has 0 saturated heterocycles. The Kier molecular flexibility index (Phi) is 3.62. The van der Waals surface area contributed by atoms with Gasteiger partial charge in [-0.3, -0.25) is 0 Å². The molecule has 0 atom stereocenters. The maximum Gasteiger partial charge on any atom is 0.226 e. The smallest absolute Gasteiger partial charge is 0.226 e. The molecule has 0 fully saturated rings. The Morgan fingerprint density at radius 2 is 2.06 bits per heavy atom. The number of hydrogen-bond donors (Lipinski definition) is 2. The number of ether oxygens (including phenoxy) is 1. The molecule has 5 nitrogen and oxygen atoms in total. The minimum atomic E-state index is 0.186. The van der Waals surface area contributed by atoms with Gasteiger partial charge in [0.1, 0.15) is 11.6 Å². The van der Waals surface area contributed by atoms with E-state index >= 15 is 0 Å². The lowest BCUT2D eigenvalue weighted by molar-refractivity contribution is 0.457. The molecule has 0 aliphatic rings. The molecule has 1 heterocycles. The SMILES string of the molecule is CCc1ccccc1Oc1cc(NC)nc(N)n1. The van der Waals surface area contributed by atoms with Crippen LogP contribution in [0.5, 0.6) is 11.6 Å². The quantitative estimate of drug-likeness (QED) is 0.864. The van der Waals surface area contributed by atoms with Gasteiger partial charge < -0.3 is 15.8 Å². The average Bonchev–Trinajstić information content (AvgIpc) is 2.38. The number of nitrogen functional groups attached to an aromatic ring is 1.